The van der Waals surface area contributed by atoms with E-state index < -0.39 is 5.92 Å². The van der Waals surface area contributed by atoms with E-state index in [1.807, 2.05) is 28.5 Å². The number of carbonyl (C=O) groups excluding carboxylic acids is 1. The van der Waals surface area contributed by atoms with Crippen molar-refractivity contribution in [3.05, 3.63) is 34.8 Å². The van der Waals surface area contributed by atoms with Crippen molar-refractivity contribution in [1.82, 2.24) is 20.2 Å². The first-order valence-electron chi connectivity index (χ1n) is 10.2. The average molecular weight is 437 g/mol. The van der Waals surface area contributed by atoms with Crippen LogP contribution < -0.4 is 15.1 Å². The van der Waals surface area contributed by atoms with Crippen molar-refractivity contribution in [2.75, 3.05) is 55.6 Å². The number of aromatic nitrogens is 2. The van der Waals surface area contributed by atoms with Gasteiger partial charge in [0.1, 0.15) is 18.0 Å². The fourth-order valence-electron chi connectivity index (χ4n) is 3.74. The predicted octanol–water partition coefficient (Wildman–Crippen LogP) is 2.21. The molecule has 0 radical (unpaired) electrons. The topological polar surface area (TPSA) is 64.6 Å². The van der Waals surface area contributed by atoms with Crippen LogP contribution >= 0.6 is 11.3 Å². The molecule has 0 unspecified atom stereocenters. The zero-order valence-corrected chi connectivity index (χ0v) is 17.6. The minimum atomic E-state index is -2.57. The molecule has 10 heteroatoms. The lowest BCUT2D eigenvalue weighted by molar-refractivity contribution is -0.122. The molecule has 0 aromatic carbocycles. The van der Waals surface area contributed by atoms with Crippen molar-refractivity contribution >= 4 is 28.9 Å². The lowest BCUT2D eigenvalue weighted by atomic mass is 10.1. The van der Waals surface area contributed by atoms with Crippen molar-refractivity contribution < 1.29 is 13.6 Å². The van der Waals surface area contributed by atoms with Crippen LogP contribution in [-0.2, 0) is 11.3 Å². The maximum atomic E-state index is 13.4. The maximum absolute atomic E-state index is 13.4. The highest BCUT2D eigenvalue weighted by Crippen LogP contribution is 2.30. The molecule has 2 aromatic heterocycles. The summed E-state index contributed by atoms with van der Waals surface area (Å²) in [5.41, 5.74) is 0. The molecule has 2 aliphatic heterocycles. The first-order valence-corrected chi connectivity index (χ1v) is 11.1. The molecular weight excluding hydrogens is 410 g/mol. The van der Waals surface area contributed by atoms with E-state index in [0.717, 1.165) is 36.9 Å². The summed E-state index contributed by atoms with van der Waals surface area (Å²) in [6.07, 6.45) is 1.22. The highest BCUT2D eigenvalue weighted by Gasteiger charge is 2.34. The number of thiophene rings is 1. The fourth-order valence-corrected chi connectivity index (χ4v) is 4.38. The fraction of sp³-hybridized carbons (Fsp3) is 0.550. The van der Waals surface area contributed by atoms with E-state index in [9.17, 15) is 13.6 Å². The van der Waals surface area contributed by atoms with Crippen LogP contribution in [-0.4, -0.2) is 72.5 Å². The zero-order valence-electron chi connectivity index (χ0n) is 16.8. The molecule has 0 aliphatic carbocycles. The van der Waals surface area contributed by atoms with Gasteiger partial charge in [-0.3, -0.25) is 9.69 Å². The van der Waals surface area contributed by atoms with E-state index in [2.05, 4.69) is 25.1 Å². The smallest absolute Gasteiger partial charge is 0.251 e. The van der Waals surface area contributed by atoms with Gasteiger partial charge in [0, 0.05) is 63.1 Å². The summed E-state index contributed by atoms with van der Waals surface area (Å²) in [4.78, 5) is 28.2. The highest BCUT2D eigenvalue weighted by atomic mass is 32.1. The van der Waals surface area contributed by atoms with Crippen molar-refractivity contribution in [3.8, 4) is 0 Å². The molecule has 2 aromatic rings. The molecule has 4 heterocycles. The Labute approximate surface area is 178 Å². The number of piperazine rings is 1. The summed E-state index contributed by atoms with van der Waals surface area (Å²) in [6, 6.07) is 5.87. The number of carbonyl (C=O) groups is 1. The molecule has 2 saturated heterocycles. The standard InChI is InChI=1S/C20H26F2N6OS/c21-20(22)3-5-27(6-4-20)17-12-18(25-15-24-17)28-9-7-26(8-10-28)14-19(29)23-13-16-2-1-11-30-16/h1-2,11-12,15H,3-10,13-14H2,(H,23,29). The summed E-state index contributed by atoms with van der Waals surface area (Å²) in [7, 11) is 0. The summed E-state index contributed by atoms with van der Waals surface area (Å²) in [6.45, 7) is 4.61. The maximum Gasteiger partial charge on any atom is 0.251 e. The molecule has 4 rings (SSSR count). The van der Waals surface area contributed by atoms with E-state index in [1.165, 1.54) is 6.33 Å². The molecular formula is C20H26F2N6OS. The number of rotatable bonds is 6. The van der Waals surface area contributed by atoms with Gasteiger partial charge in [-0.25, -0.2) is 18.7 Å². The zero-order chi connectivity index (χ0) is 21.0. The molecule has 2 fully saturated rings. The lowest BCUT2D eigenvalue weighted by Gasteiger charge is -2.36. The first-order chi connectivity index (χ1) is 14.5. The number of hydrogen-bond acceptors (Lipinski definition) is 7. The SMILES string of the molecule is O=C(CN1CCN(c2cc(N3CCC(F)(F)CC3)ncn2)CC1)NCc1cccs1. The molecule has 2 aliphatic rings. The second-order valence-corrected chi connectivity index (χ2v) is 8.73. The van der Waals surface area contributed by atoms with Gasteiger partial charge in [-0.2, -0.15) is 0 Å². The predicted molar refractivity (Wildman–Crippen MR) is 113 cm³/mol. The van der Waals surface area contributed by atoms with Crippen LogP contribution in [0.5, 0.6) is 0 Å². The monoisotopic (exact) mass is 436 g/mol. The van der Waals surface area contributed by atoms with Crippen LogP contribution in [0.1, 0.15) is 17.7 Å². The van der Waals surface area contributed by atoms with Gasteiger partial charge in [0.05, 0.1) is 13.1 Å². The summed E-state index contributed by atoms with van der Waals surface area (Å²) >= 11 is 1.63. The number of alkyl halides is 2. The molecule has 1 amide bonds. The van der Waals surface area contributed by atoms with Crippen molar-refractivity contribution in [2.45, 2.75) is 25.3 Å². The van der Waals surface area contributed by atoms with Gasteiger partial charge < -0.3 is 15.1 Å². The Kier molecular flexibility index (Phi) is 6.43. The van der Waals surface area contributed by atoms with Gasteiger partial charge in [-0.05, 0) is 11.4 Å². The first kappa shape index (κ1) is 20.9. The van der Waals surface area contributed by atoms with E-state index in [4.69, 9.17) is 0 Å². The van der Waals surface area contributed by atoms with Crippen LogP contribution in [0.15, 0.2) is 29.9 Å². The molecule has 1 N–H and O–H groups in total. The normalized spacial score (nSPS) is 19.7. The number of piperidine rings is 1. The highest BCUT2D eigenvalue weighted by molar-refractivity contribution is 7.09. The van der Waals surface area contributed by atoms with Crippen LogP contribution in [0.2, 0.25) is 0 Å². The van der Waals surface area contributed by atoms with E-state index >= 15 is 0 Å². The lowest BCUT2D eigenvalue weighted by Crippen LogP contribution is -2.49. The molecule has 162 valence electrons. The van der Waals surface area contributed by atoms with Crippen LogP contribution in [0.25, 0.3) is 0 Å². The Morgan fingerprint density at radius 2 is 1.73 bits per heavy atom. The molecule has 30 heavy (non-hydrogen) atoms. The van der Waals surface area contributed by atoms with Gasteiger partial charge in [-0.1, -0.05) is 6.07 Å². The van der Waals surface area contributed by atoms with Crippen LogP contribution in [0.4, 0.5) is 20.4 Å². The Morgan fingerprint density at radius 3 is 2.37 bits per heavy atom. The van der Waals surface area contributed by atoms with Gasteiger partial charge >= 0.3 is 0 Å². The van der Waals surface area contributed by atoms with E-state index in [0.29, 0.717) is 32.0 Å². The number of anilines is 2. The largest absolute Gasteiger partial charge is 0.356 e. The summed E-state index contributed by atoms with van der Waals surface area (Å²) < 4.78 is 26.8. The van der Waals surface area contributed by atoms with Gasteiger partial charge in [-0.15, -0.1) is 11.3 Å². The number of amides is 1. The second kappa shape index (κ2) is 9.22. The molecule has 7 nitrogen and oxygen atoms in total. The van der Waals surface area contributed by atoms with E-state index in [-0.39, 0.29) is 18.7 Å². The van der Waals surface area contributed by atoms with Crippen LogP contribution in [0, 0.1) is 0 Å². The minimum Gasteiger partial charge on any atom is -0.356 e. The second-order valence-electron chi connectivity index (χ2n) is 7.70. The summed E-state index contributed by atoms with van der Waals surface area (Å²) in [5, 5.41) is 4.96. The Bertz CT molecular complexity index is 832. The quantitative estimate of drug-likeness (QED) is 0.749. The Morgan fingerprint density at radius 1 is 1.07 bits per heavy atom. The van der Waals surface area contributed by atoms with Crippen molar-refractivity contribution in [3.63, 3.8) is 0 Å². The number of halogens is 2. The van der Waals surface area contributed by atoms with Gasteiger partial charge in [0.2, 0.25) is 5.91 Å². The Balaban J connectivity index is 1.25. The van der Waals surface area contributed by atoms with Crippen molar-refractivity contribution in [2.24, 2.45) is 0 Å². The van der Waals surface area contributed by atoms with Crippen molar-refractivity contribution in [1.29, 1.82) is 0 Å². The van der Waals surface area contributed by atoms with Crippen LogP contribution in [0.3, 0.4) is 0 Å². The molecule has 0 spiro atoms. The molecule has 0 atom stereocenters. The minimum absolute atomic E-state index is 0.0306. The number of hydrogen-bond donors (Lipinski definition) is 1. The van der Waals surface area contributed by atoms with E-state index in [1.54, 1.807) is 11.3 Å². The molecule has 0 saturated carbocycles. The third-order valence-corrected chi connectivity index (χ3v) is 6.44. The summed E-state index contributed by atoms with van der Waals surface area (Å²) in [5.74, 6) is -1.04. The Hall–Kier alpha value is -2.33. The third-order valence-electron chi connectivity index (χ3n) is 5.56. The molecule has 0 bridgehead atoms. The number of nitrogens with zero attached hydrogens (tertiary/aromatic N) is 5. The van der Waals surface area contributed by atoms with Gasteiger partial charge in [0.25, 0.3) is 5.92 Å². The average Bonchev–Trinajstić information content (AvgIpc) is 3.27. The van der Waals surface area contributed by atoms with Gasteiger partial charge in [0.15, 0.2) is 0 Å². The number of nitrogens with one attached hydrogen (secondary N) is 1. The third kappa shape index (κ3) is 5.42.